The second kappa shape index (κ2) is 7.26. The summed E-state index contributed by atoms with van der Waals surface area (Å²) < 4.78 is 2.30. The highest BCUT2D eigenvalue weighted by atomic mass is 32.2. The fourth-order valence-corrected chi connectivity index (χ4v) is 4.81. The van der Waals surface area contributed by atoms with Gasteiger partial charge in [-0.15, -0.1) is 11.3 Å². The number of thiazole rings is 1. The van der Waals surface area contributed by atoms with Gasteiger partial charge in [0.05, 0.1) is 16.3 Å². The van der Waals surface area contributed by atoms with Crippen LogP contribution in [0.4, 0.5) is 0 Å². The molecule has 1 heterocycles. The fraction of sp³-hybridized carbons (Fsp3) is 0.500. The van der Waals surface area contributed by atoms with E-state index in [1.165, 1.54) is 4.70 Å². The molecule has 0 saturated heterocycles. The quantitative estimate of drug-likeness (QED) is 0.766. The zero-order valence-corrected chi connectivity index (χ0v) is 14.4. The number of fused-ring (bicyclic) bond motifs is 1. The van der Waals surface area contributed by atoms with E-state index in [1.807, 2.05) is 25.1 Å². The minimum absolute atomic E-state index is 0.347. The number of para-hydroxylation sites is 1. The van der Waals surface area contributed by atoms with Crippen molar-refractivity contribution >= 4 is 33.3 Å². The van der Waals surface area contributed by atoms with Crippen LogP contribution in [0.5, 0.6) is 0 Å². The van der Waals surface area contributed by atoms with Crippen molar-refractivity contribution in [2.75, 3.05) is 6.54 Å². The first-order chi connectivity index (χ1) is 10.1. The molecule has 0 bridgehead atoms. The van der Waals surface area contributed by atoms with Crippen LogP contribution in [0.25, 0.3) is 10.2 Å². The van der Waals surface area contributed by atoms with Crippen molar-refractivity contribution in [1.29, 1.82) is 5.26 Å². The highest BCUT2D eigenvalue weighted by molar-refractivity contribution is 8.01. The third-order valence-corrected chi connectivity index (χ3v) is 5.52. The number of nitriles is 1. The molecule has 0 aliphatic carbocycles. The van der Waals surface area contributed by atoms with Crippen molar-refractivity contribution in [3.05, 3.63) is 24.3 Å². The van der Waals surface area contributed by atoms with Crippen LogP contribution in [0.3, 0.4) is 0 Å². The summed E-state index contributed by atoms with van der Waals surface area (Å²) in [5, 5.41) is 13.1. The van der Waals surface area contributed by atoms with Gasteiger partial charge >= 0.3 is 0 Å². The Morgan fingerprint density at radius 3 is 2.90 bits per heavy atom. The third kappa shape index (κ3) is 4.44. The molecule has 0 aliphatic rings. The fourth-order valence-electron chi connectivity index (χ4n) is 2.25. The highest BCUT2D eigenvalue weighted by Gasteiger charge is 2.26. The molecule has 2 atom stereocenters. The molecule has 0 amide bonds. The van der Waals surface area contributed by atoms with Gasteiger partial charge in [0, 0.05) is 5.25 Å². The average Bonchev–Trinajstić information content (AvgIpc) is 2.87. The van der Waals surface area contributed by atoms with Gasteiger partial charge in [-0.25, -0.2) is 4.98 Å². The summed E-state index contributed by atoms with van der Waals surface area (Å²) in [4.78, 5) is 4.65. The number of hydrogen-bond acceptors (Lipinski definition) is 5. The number of aromatic nitrogens is 1. The van der Waals surface area contributed by atoms with E-state index in [0.29, 0.717) is 5.25 Å². The number of hydrogen-bond donors (Lipinski definition) is 1. The van der Waals surface area contributed by atoms with Crippen molar-refractivity contribution in [2.45, 2.75) is 48.7 Å². The molecule has 2 aromatic rings. The molecular formula is C16H21N3S2. The van der Waals surface area contributed by atoms with E-state index in [9.17, 15) is 5.26 Å². The molecule has 5 heteroatoms. The van der Waals surface area contributed by atoms with E-state index in [-0.39, 0.29) is 0 Å². The number of rotatable bonds is 7. The first-order valence-electron chi connectivity index (χ1n) is 7.25. The van der Waals surface area contributed by atoms with Gasteiger partial charge in [-0.2, -0.15) is 5.26 Å². The number of nitrogens with one attached hydrogen (secondary N) is 1. The minimum Gasteiger partial charge on any atom is -0.300 e. The summed E-state index contributed by atoms with van der Waals surface area (Å²) >= 11 is 3.49. The molecule has 3 nitrogen and oxygen atoms in total. The first-order valence-corrected chi connectivity index (χ1v) is 8.94. The van der Waals surface area contributed by atoms with Gasteiger partial charge in [0.1, 0.15) is 5.54 Å². The molecular weight excluding hydrogens is 298 g/mol. The number of thioether (sulfide) groups is 1. The van der Waals surface area contributed by atoms with E-state index >= 15 is 0 Å². The maximum absolute atomic E-state index is 9.41. The van der Waals surface area contributed by atoms with Crippen molar-refractivity contribution in [1.82, 2.24) is 10.3 Å². The van der Waals surface area contributed by atoms with Crippen LogP contribution in [0.2, 0.25) is 0 Å². The summed E-state index contributed by atoms with van der Waals surface area (Å²) in [6.07, 6.45) is 1.85. The molecule has 1 aromatic carbocycles. The van der Waals surface area contributed by atoms with Crippen LogP contribution in [-0.2, 0) is 0 Å². The predicted molar refractivity (Wildman–Crippen MR) is 91.9 cm³/mol. The molecule has 21 heavy (non-hydrogen) atoms. The number of benzene rings is 1. The number of nitrogens with zero attached hydrogens (tertiary/aromatic N) is 2. The van der Waals surface area contributed by atoms with Crippen LogP contribution in [0.15, 0.2) is 28.6 Å². The zero-order chi connectivity index (χ0) is 15.3. The van der Waals surface area contributed by atoms with Gasteiger partial charge in [0.25, 0.3) is 0 Å². The maximum Gasteiger partial charge on any atom is 0.151 e. The molecule has 1 N–H and O–H groups in total. The van der Waals surface area contributed by atoms with Gasteiger partial charge < -0.3 is 0 Å². The largest absolute Gasteiger partial charge is 0.300 e. The minimum atomic E-state index is -0.459. The zero-order valence-electron chi connectivity index (χ0n) is 12.7. The normalized spacial score (nSPS) is 15.5. The molecule has 1 aromatic heterocycles. The van der Waals surface area contributed by atoms with Gasteiger partial charge in [-0.3, -0.25) is 5.32 Å². The van der Waals surface area contributed by atoms with Crippen LogP contribution in [-0.4, -0.2) is 22.3 Å². The van der Waals surface area contributed by atoms with Crippen LogP contribution in [0.1, 0.15) is 33.6 Å². The lowest BCUT2D eigenvalue weighted by Crippen LogP contribution is -2.43. The highest BCUT2D eigenvalue weighted by Crippen LogP contribution is 2.34. The molecule has 0 saturated carbocycles. The van der Waals surface area contributed by atoms with Crippen molar-refractivity contribution in [2.24, 2.45) is 0 Å². The van der Waals surface area contributed by atoms with Crippen molar-refractivity contribution in [3.8, 4) is 6.07 Å². The van der Waals surface area contributed by atoms with Gasteiger partial charge in [0.2, 0.25) is 0 Å². The van der Waals surface area contributed by atoms with Crippen molar-refractivity contribution < 1.29 is 0 Å². The Hall–Kier alpha value is -1.09. The molecule has 0 aliphatic heterocycles. The van der Waals surface area contributed by atoms with Crippen molar-refractivity contribution in [3.63, 3.8) is 0 Å². The van der Waals surface area contributed by atoms with Crippen LogP contribution < -0.4 is 5.32 Å². The Balaban J connectivity index is 2.00. The van der Waals surface area contributed by atoms with Crippen LogP contribution >= 0.6 is 23.1 Å². The second-order valence-corrected chi connectivity index (χ2v) is 8.17. The molecule has 2 rings (SSSR count). The Labute approximate surface area is 134 Å². The lowest BCUT2D eigenvalue weighted by Gasteiger charge is -2.25. The van der Waals surface area contributed by atoms with E-state index in [2.05, 4.69) is 36.3 Å². The second-order valence-electron chi connectivity index (χ2n) is 5.45. The Kier molecular flexibility index (Phi) is 5.63. The lowest BCUT2D eigenvalue weighted by atomic mass is 9.98. The Morgan fingerprint density at radius 1 is 1.48 bits per heavy atom. The van der Waals surface area contributed by atoms with Gasteiger partial charge in [0.15, 0.2) is 4.34 Å². The molecule has 112 valence electrons. The predicted octanol–water partition coefficient (Wildman–Crippen LogP) is 4.45. The Morgan fingerprint density at radius 2 is 2.24 bits per heavy atom. The summed E-state index contributed by atoms with van der Waals surface area (Å²) in [5.74, 6) is 0. The molecule has 0 spiro atoms. The lowest BCUT2D eigenvalue weighted by molar-refractivity contribution is 0.418. The van der Waals surface area contributed by atoms with E-state index < -0.39 is 5.54 Å². The summed E-state index contributed by atoms with van der Waals surface area (Å²) in [7, 11) is 0. The van der Waals surface area contributed by atoms with Gasteiger partial charge in [-0.1, -0.05) is 37.7 Å². The molecule has 0 fully saturated rings. The smallest absolute Gasteiger partial charge is 0.151 e. The maximum atomic E-state index is 9.41. The van der Waals surface area contributed by atoms with Crippen LogP contribution in [0, 0.1) is 11.3 Å². The summed E-state index contributed by atoms with van der Waals surface area (Å²) in [5.41, 5.74) is 0.600. The van der Waals surface area contributed by atoms with E-state index in [4.69, 9.17) is 0 Å². The topological polar surface area (TPSA) is 48.7 Å². The standard InChI is InChI=1S/C16H21N3S2/c1-4-9-18-16(3,11-17)10-12(2)20-15-19-13-7-5-6-8-14(13)21-15/h5-8,12,18H,4,9-10H2,1-3H3. The average molecular weight is 319 g/mol. The van der Waals surface area contributed by atoms with Gasteiger partial charge in [-0.05, 0) is 38.4 Å². The monoisotopic (exact) mass is 319 g/mol. The summed E-state index contributed by atoms with van der Waals surface area (Å²) in [6, 6.07) is 10.6. The Bertz CT molecular complexity index is 599. The van der Waals surface area contributed by atoms with E-state index in [0.717, 1.165) is 29.2 Å². The summed E-state index contributed by atoms with van der Waals surface area (Å²) in [6.45, 7) is 7.14. The SMILES string of the molecule is CCCNC(C)(C#N)CC(C)Sc1nc2ccccc2s1. The molecule has 0 radical (unpaired) electrons. The molecule has 2 unspecified atom stereocenters. The third-order valence-electron chi connectivity index (χ3n) is 3.28. The first kappa shape index (κ1) is 16.3. The van der Waals surface area contributed by atoms with E-state index in [1.54, 1.807) is 23.1 Å².